The summed E-state index contributed by atoms with van der Waals surface area (Å²) < 4.78 is 0. The van der Waals surface area contributed by atoms with Gasteiger partial charge in [0.2, 0.25) is 11.8 Å². The Labute approximate surface area is 184 Å². The smallest absolute Gasteiger partial charge is 0.238 e. The summed E-state index contributed by atoms with van der Waals surface area (Å²) >= 11 is 0. The Morgan fingerprint density at radius 3 is 2.16 bits per heavy atom. The van der Waals surface area contributed by atoms with Crippen LogP contribution in [-0.4, -0.2) is 67.4 Å². The summed E-state index contributed by atoms with van der Waals surface area (Å²) in [5.41, 5.74) is 3.23. The van der Waals surface area contributed by atoms with Crippen LogP contribution in [-0.2, 0) is 9.59 Å². The molecule has 0 saturated carbocycles. The van der Waals surface area contributed by atoms with Gasteiger partial charge in [-0.15, -0.1) is 0 Å². The zero-order valence-electron chi connectivity index (χ0n) is 18.3. The molecule has 2 amide bonds. The number of hydrogen-bond acceptors (Lipinski definition) is 4. The third kappa shape index (κ3) is 5.64. The molecule has 6 nitrogen and oxygen atoms in total. The molecule has 2 aromatic rings. The predicted octanol–water partition coefficient (Wildman–Crippen LogP) is 2.99. The van der Waals surface area contributed by atoms with Crippen LogP contribution in [0.25, 0.3) is 0 Å². The van der Waals surface area contributed by atoms with Crippen molar-refractivity contribution in [3.8, 4) is 0 Å². The lowest BCUT2D eigenvalue weighted by Crippen LogP contribution is -2.52. The fourth-order valence-electron chi connectivity index (χ4n) is 4.46. The first kappa shape index (κ1) is 21.4. The van der Waals surface area contributed by atoms with Crippen molar-refractivity contribution in [1.82, 2.24) is 9.80 Å². The number of anilines is 2. The van der Waals surface area contributed by atoms with E-state index in [9.17, 15) is 9.59 Å². The average molecular weight is 421 g/mol. The normalized spacial score (nSPS) is 18.1. The molecule has 0 spiro atoms. The number of likely N-dealkylation sites (tertiary alicyclic amines) is 1. The minimum atomic E-state index is 0.00524. The summed E-state index contributed by atoms with van der Waals surface area (Å²) in [6.07, 6.45) is 1.66. The van der Waals surface area contributed by atoms with E-state index in [4.69, 9.17) is 0 Å². The van der Waals surface area contributed by atoms with E-state index in [0.717, 1.165) is 57.8 Å². The van der Waals surface area contributed by atoms with E-state index in [2.05, 4.69) is 39.4 Å². The first-order valence-electron chi connectivity index (χ1n) is 11.3. The van der Waals surface area contributed by atoms with Crippen LogP contribution in [0.4, 0.5) is 11.4 Å². The first-order chi connectivity index (χ1) is 15.1. The molecule has 0 aromatic heterocycles. The van der Waals surface area contributed by atoms with E-state index in [1.54, 1.807) is 0 Å². The summed E-state index contributed by atoms with van der Waals surface area (Å²) in [6.45, 7) is 7.33. The highest BCUT2D eigenvalue weighted by molar-refractivity contribution is 5.92. The minimum Gasteiger partial charge on any atom is -0.368 e. The molecule has 0 unspecified atom stereocenters. The van der Waals surface area contributed by atoms with Crippen LogP contribution in [0.15, 0.2) is 54.6 Å². The molecule has 1 N–H and O–H groups in total. The molecule has 0 aliphatic carbocycles. The molecule has 4 rings (SSSR count). The molecule has 0 atom stereocenters. The van der Waals surface area contributed by atoms with E-state index < -0.39 is 0 Å². The molecule has 2 fully saturated rings. The maximum atomic E-state index is 13.0. The quantitative estimate of drug-likeness (QED) is 0.808. The number of aryl methyl sites for hydroxylation is 1. The van der Waals surface area contributed by atoms with Gasteiger partial charge in [0.1, 0.15) is 0 Å². The molecule has 31 heavy (non-hydrogen) atoms. The van der Waals surface area contributed by atoms with Gasteiger partial charge >= 0.3 is 0 Å². The Bertz CT molecular complexity index is 868. The highest BCUT2D eigenvalue weighted by atomic mass is 16.2. The monoisotopic (exact) mass is 420 g/mol. The molecule has 2 aromatic carbocycles. The highest BCUT2D eigenvalue weighted by Gasteiger charge is 2.30. The maximum absolute atomic E-state index is 13.0. The number of rotatable bonds is 5. The van der Waals surface area contributed by atoms with Crippen molar-refractivity contribution < 1.29 is 9.59 Å². The van der Waals surface area contributed by atoms with Crippen molar-refractivity contribution in [2.24, 2.45) is 5.92 Å². The third-order valence-electron chi connectivity index (χ3n) is 6.35. The number of para-hydroxylation sites is 1. The lowest BCUT2D eigenvalue weighted by molar-refractivity contribution is -0.137. The second-order valence-corrected chi connectivity index (χ2v) is 8.61. The topological polar surface area (TPSA) is 55.9 Å². The SMILES string of the molecule is Cc1ccc(NC(=O)CN2CCC(C(=O)N3CCN(c4ccccc4)CC3)CC2)cc1. The van der Waals surface area contributed by atoms with Gasteiger partial charge in [-0.3, -0.25) is 14.5 Å². The number of piperidine rings is 1. The van der Waals surface area contributed by atoms with Crippen LogP contribution in [0, 0.1) is 12.8 Å². The fraction of sp³-hybridized carbons (Fsp3) is 0.440. The van der Waals surface area contributed by atoms with Crippen LogP contribution >= 0.6 is 0 Å². The number of hydrogen-bond donors (Lipinski definition) is 1. The molecule has 2 aliphatic rings. The summed E-state index contributed by atoms with van der Waals surface area (Å²) in [5.74, 6) is 0.377. The van der Waals surface area contributed by atoms with E-state index in [0.29, 0.717) is 6.54 Å². The molecule has 164 valence electrons. The van der Waals surface area contributed by atoms with Crippen molar-refractivity contribution in [2.45, 2.75) is 19.8 Å². The number of piperazine rings is 1. The molecule has 0 bridgehead atoms. The number of carbonyl (C=O) groups excluding carboxylic acids is 2. The van der Waals surface area contributed by atoms with Crippen LogP contribution in [0.2, 0.25) is 0 Å². The van der Waals surface area contributed by atoms with Gasteiger partial charge in [0.25, 0.3) is 0 Å². The Morgan fingerprint density at radius 1 is 0.871 bits per heavy atom. The maximum Gasteiger partial charge on any atom is 0.238 e. The van der Waals surface area contributed by atoms with E-state index in [1.165, 1.54) is 11.3 Å². The molecule has 6 heteroatoms. The van der Waals surface area contributed by atoms with Crippen molar-refractivity contribution in [3.63, 3.8) is 0 Å². The van der Waals surface area contributed by atoms with Crippen LogP contribution in [0.5, 0.6) is 0 Å². The van der Waals surface area contributed by atoms with Gasteiger partial charge in [-0.05, 0) is 57.1 Å². The van der Waals surface area contributed by atoms with E-state index in [1.807, 2.05) is 42.2 Å². The van der Waals surface area contributed by atoms with Crippen molar-refractivity contribution in [2.75, 3.05) is 56.0 Å². The van der Waals surface area contributed by atoms with E-state index >= 15 is 0 Å². The van der Waals surface area contributed by atoms with Gasteiger partial charge in [-0.1, -0.05) is 35.9 Å². The lowest BCUT2D eigenvalue weighted by Gasteiger charge is -2.39. The van der Waals surface area contributed by atoms with E-state index in [-0.39, 0.29) is 17.7 Å². The number of amides is 2. The molecule has 2 saturated heterocycles. The van der Waals surface area contributed by atoms with Crippen LogP contribution in [0.1, 0.15) is 18.4 Å². The highest BCUT2D eigenvalue weighted by Crippen LogP contribution is 2.22. The number of nitrogens with one attached hydrogen (secondary N) is 1. The summed E-state index contributed by atoms with van der Waals surface area (Å²) in [6, 6.07) is 18.2. The average Bonchev–Trinajstić information content (AvgIpc) is 2.81. The molecule has 2 aliphatic heterocycles. The van der Waals surface area contributed by atoms with Crippen molar-refractivity contribution in [3.05, 3.63) is 60.2 Å². The zero-order valence-corrected chi connectivity index (χ0v) is 18.3. The Kier molecular flexibility index (Phi) is 6.87. The largest absolute Gasteiger partial charge is 0.368 e. The molecule has 0 radical (unpaired) electrons. The summed E-state index contributed by atoms with van der Waals surface area (Å²) in [7, 11) is 0. The summed E-state index contributed by atoms with van der Waals surface area (Å²) in [5, 5.41) is 2.96. The van der Waals surface area contributed by atoms with Crippen molar-refractivity contribution >= 4 is 23.2 Å². The molecular formula is C25H32N4O2. The second-order valence-electron chi connectivity index (χ2n) is 8.61. The van der Waals surface area contributed by atoms with Gasteiger partial charge in [-0.2, -0.15) is 0 Å². The Morgan fingerprint density at radius 2 is 1.52 bits per heavy atom. The Balaban J connectivity index is 1.19. The van der Waals surface area contributed by atoms with Gasteiger partial charge in [0.05, 0.1) is 6.54 Å². The molecular weight excluding hydrogens is 388 g/mol. The summed E-state index contributed by atoms with van der Waals surface area (Å²) in [4.78, 5) is 31.9. The minimum absolute atomic E-state index is 0.00524. The van der Waals surface area contributed by atoms with Gasteiger partial charge in [0, 0.05) is 43.5 Å². The van der Waals surface area contributed by atoms with Gasteiger partial charge in [0.15, 0.2) is 0 Å². The van der Waals surface area contributed by atoms with Gasteiger partial charge in [-0.25, -0.2) is 0 Å². The van der Waals surface area contributed by atoms with Crippen molar-refractivity contribution in [1.29, 1.82) is 0 Å². The number of benzene rings is 2. The van der Waals surface area contributed by atoms with Crippen LogP contribution in [0.3, 0.4) is 0 Å². The standard InChI is InChI=1S/C25H32N4O2/c1-20-7-9-22(10-8-20)26-24(30)19-27-13-11-21(12-14-27)25(31)29-17-15-28(16-18-29)23-5-3-2-4-6-23/h2-10,21H,11-19H2,1H3,(H,26,30). The van der Waals surface area contributed by atoms with Crippen LogP contribution < -0.4 is 10.2 Å². The Hall–Kier alpha value is -2.86. The molecule has 2 heterocycles. The number of carbonyl (C=O) groups is 2. The lowest BCUT2D eigenvalue weighted by atomic mass is 9.95. The first-order valence-corrected chi connectivity index (χ1v) is 11.3. The predicted molar refractivity (Wildman–Crippen MR) is 124 cm³/mol. The fourth-order valence-corrected chi connectivity index (χ4v) is 4.46. The zero-order chi connectivity index (χ0) is 21.6. The third-order valence-corrected chi connectivity index (χ3v) is 6.35. The second kappa shape index (κ2) is 9.96. The van der Waals surface area contributed by atoms with Gasteiger partial charge < -0.3 is 15.1 Å². The number of nitrogens with zero attached hydrogens (tertiary/aromatic N) is 3.